The van der Waals surface area contributed by atoms with Crippen LogP contribution in [-0.4, -0.2) is 16.1 Å². The van der Waals surface area contributed by atoms with Crippen molar-refractivity contribution in [1.82, 2.24) is 4.98 Å². The fourth-order valence-electron chi connectivity index (χ4n) is 3.00. The molecule has 1 aliphatic carbocycles. The minimum absolute atomic E-state index is 0.468. The molecule has 0 fully saturated rings. The summed E-state index contributed by atoms with van der Waals surface area (Å²) < 4.78 is 0. The van der Waals surface area contributed by atoms with Crippen LogP contribution in [0.15, 0.2) is 41.4 Å². The van der Waals surface area contributed by atoms with Gasteiger partial charge in [-0.15, -0.1) is 0 Å². The maximum Gasteiger partial charge on any atom is 0.321 e. The van der Waals surface area contributed by atoms with Gasteiger partial charge in [-0.05, 0) is 42.4 Å². The zero-order valence-electron chi connectivity index (χ0n) is 13.4. The van der Waals surface area contributed by atoms with Crippen LogP contribution in [0.2, 0.25) is 0 Å². The molecule has 4 nitrogen and oxygen atoms in total. The molecule has 0 radical (unpaired) electrons. The lowest BCUT2D eigenvalue weighted by molar-refractivity contribution is -0.136. The van der Waals surface area contributed by atoms with Crippen molar-refractivity contribution in [1.29, 1.82) is 5.26 Å². The summed E-state index contributed by atoms with van der Waals surface area (Å²) in [6.07, 6.45) is 2.90. The van der Waals surface area contributed by atoms with Crippen molar-refractivity contribution in [2.24, 2.45) is 5.92 Å². The standard InChI is InChI=1S/C19H18N2O2S/c1-12-7-8-16-14(9-12)10-15(11-20)18(21-16)24-17(19(22)23)13-5-3-2-4-6-13/h2-6,10,12,17H,7-9H2,1H3,(H,22,23). The van der Waals surface area contributed by atoms with Gasteiger partial charge < -0.3 is 5.11 Å². The molecule has 1 N–H and O–H groups in total. The number of nitrogens with zero attached hydrogens (tertiary/aromatic N) is 2. The first kappa shape index (κ1) is 16.5. The van der Waals surface area contributed by atoms with Crippen molar-refractivity contribution in [3.05, 3.63) is 58.8 Å². The molecule has 1 aromatic carbocycles. The Kier molecular flexibility index (Phi) is 4.86. The number of hydrogen-bond acceptors (Lipinski definition) is 4. The van der Waals surface area contributed by atoms with Crippen molar-refractivity contribution in [3.8, 4) is 6.07 Å². The number of rotatable bonds is 4. The fourth-order valence-corrected chi connectivity index (χ4v) is 4.01. The molecule has 122 valence electrons. The van der Waals surface area contributed by atoms with E-state index in [0.29, 0.717) is 22.1 Å². The highest BCUT2D eigenvalue weighted by molar-refractivity contribution is 8.00. The van der Waals surface area contributed by atoms with Crippen molar-refractivity contribution >= 4 is 17.7 Å². The zero-order chi connectivity index (χ0) is 17.1. The monoisotopic (exact) mass is 338 g/mol. The summed E-state index contributed by atoms with van der Waals surface area (Å²) in [7, 11) is 0. The van der Waals surface area contributed by atoms with Gasteiger partial charge in [0.15, 0.2) is 0 Å². The van der Waals surface area contributed by atoms with Crippen molar-refractivity contribution in [2.45, 2.75) is 36.5 Å². The minimum Gasteiger partial charge on any atom is -0.480 e. The van der Waals surface area contributed by atoms with E-state index in [1.807, 2.05) is 24.3 Å². The van der Waals surface area contributed by atoms with Crippen molar-refractivity contribution < 1.29 is 9.90 Å². The van der Waals surface area contributed by atoms with Crippen LogP contribution in [0.25, 0.3) is 0 Å². The van der Waals surface area contributed by atoms with Crippen LogP contribution in [0.5, 0.6) is 0 Å². The fraction of sp³-hybridized carbons (Fsp3) is 0.316. The number of fused-ring (bicyclic) bond motifs is 1. The summed E-state index contributed by atoms with van der Waals surface area (Å²) in [5.74, 6) is -0.330. The Balaban J connectivity index is 1.96. The first-order valence-corrected chi connectivity index (χ1v) is 8.83. The molecule has 0 saturated carbocycles. The van der Waals surface area contributed by atoms with E-state index >= 15 is 0 Å². The number of aryl methyl sites for hydroxylation is 1. The molecule has 0 spiro atoms. The smallest absolute Gasteiger partial charge is 0.321 e. The number of thioether (sulfide) groups is 1. The van der Waals surface area contributed by atoms with Crippen LogP contribution in [0, 0.1) is 17.2 Å². The Bertz CT molecular complexity index is 799. The number of carboxylic acid groups (broad SMARTS) is 1. The van der Waals surface area contributed by atoms with E-state index in [0.717, 1.165) is 42.3 Å². The van der Waals surface area contributed by atoms with E-state index in [1.54, 1.807) is 12.1 Å². The quantitative estimate of drug-likeness (QED) is 0.853. The van der Waals surface area contributed by atoms with Gasteiger partial charge in [0, 0.05) is 5.69 Å². The Morgan fingerprint density at radius 2 is 2.17 bits per heavy atom. The van der Waals surface area contributed by atoms with Gasteiger partial charge in [0.1, 0.15) is 16.3 Å². The van der Waals surface area contributed by atoms with Gasteiger partial charge in [-0.25, -0.2) is 4.98 Å². The molecule has 5 heteroatoms. The average Bonchev–Trinajstić information content (AvgIpc) is 2.59. The lowest BCUT2D eigenvalue weighted by Crippen LogP contribution is -2.15. The predicted octanol–water partition coefficient (Wildman–Crippen LogP) is 4.00. The number of carbonyl (C=O) groups is 1. The summed E-state index contributed by atoms with van der Waals surface area (Å²) in [6, 6.07) is 13.1. The number of hydrogen-bond donors (Lipinski definition) is 1. The molecule has 0 aliphatic heterocycles. The molecule has 2 aromatic rings. The number of aromatic nitrogens is 1. The van der Waals surface area contributed by atoms with E-state index in [4.69, 9.17) is 0 Å². The van der Waals surface area contributed by atoms with E-state index in [-0.39, 0.29) is 0 Å². The second kappa shape index (κ2) is 7.06. The first-order valence-electron chi connectivity index (χ1n) is 7.95. The van der Waals surface area contributed by atoms with Gasteiger partial charge in [0.25, 0.3) is 0 Å². The Morgan fingerprint density at radius 1 is 1.42 bits per heavy atom. The summed E-state index contributed by atoms with van der Waals surface area (Å²) >= 11 is 1.14. The molecule has 0 saturated heterocycles. The summed E-state index contributed by atoms with van der Waals surface area (Å²) in [4.78, 5) is 16.3. The second-order valence-electron chi connectivity index (χ2n) is 6.15. The number of carboxylic acids is 1. The lowest BCUT2D eigenvalue weighted by atomic mass is 9.87. The largest absolute Gasteiger partial charge is 0.480 e. The SMILES string of the molecule is CC1CCc2nc(SC(C(=O)O)c3ccccc3)c(C#N)cc2C1. The highest BCUT2D eigenvalue weighted by Gasteiger charge is 2.25. The molecular formula is C19H18N2O2S. The van der Waals surface area contributed by atoms with Crippen LogP contribution in [0.4, 0.5) is 0 Å². The normalized spacial score (nSPS) is 17.6. The summed E-state index contributed by atoms with van der Waals surface area (Å²) in [5.41, 5.74) is 3.30. The van der Waals surface area contributed by atoms with Crippen LogP contribution < -0.4 is 0 Å². The molecule has 1 heterocycles. The zero-order valence-corrected chi connectivity index (χ0v) is 14.2. The van der Waals surface area contributed by atoms with Gasteiger partial charge >= 0.3 is 5.97 Å². The maximum absolute atomic E-state index is 11.7. The molecule has 0 amide bonds. The van der Waals surface area contributed by atoms with Crippen LogP contribution >= 0.6 is 11.8 Å². The highest BCUT2D eigenvalue weighted by atomic mass is 32.2. The highest BCUT2D eigenvalue weighted by Crippen LogP contribution is 2.37. The van der Waals surface area contributed by atoms with Gasteiger partial charge in [-0.3, -0.25) is 4.79 Å². The van der Waals surface area contributed by atoms with E-state index < -0.39 is 11.2 Å². The number of benzene rings is 1. The predicted molar refractivity (Wildman–Crippen MR) is 92.8 cm³/mol. The molecule has 1 aliphatic rings. The second-order valence-corrected chi connectivity index (χ2v) is 7.25. The van der Waals surface area contributed by atoms with Crippen LogP contribution in [-0.2, 0) is 17.6 Å². The van der Waals surface area contributed by atoms with E-state index in [1.165, 1.54) is 0 Å². The van der Waals surface area contributed by atoms with Gasteiger partial charge in [0.2, 0.25) is 0 Å². The van der Waals surface area contributed by atoms with Gasteiger partial charge in [0.05, 0.1) is 5.56 Å². The van der Waals surface area contributed by atoms with Crippen molar-refractivity contribution in [3.63, 3.8) is 0 Å². The Labute approximate surface area is 145 Å². The lowest BCUT2D eigenvalue weighted by Gasteiger charge is -2.22. The topological polar surface area (TPSA) is 74.0 Å². The van der Waals surface area contributed by atoms with E-state index in [9.17, 15) is 15.2 Å². The number of nitriles is 1. The molecule has 1 aromatic heterocycles. The first-order chi connectivity index (χ1) is 11.6. The molecule has 2 unspecified atom stereocenters. The molecule has 0 bridgehead atoms. The summed E-state index contributed by atoms with van der Waals surface area (Å²) in [5, 5.41) is 18.8. The third-order valence-electron chi connectivity index (χ3n) is 4.28. The van der Waals surface area contributed by atoms with E-state index in [2.05, 4.69) is 18.0 Å². The summed E-state index contributed by atoms with van der Waals surface area (Å²) in [6.45, 7) is 2.20. The van der Waals surface area contributed by atoms with Crippen molar-refractivity contribution in [2.75, 3.05) is 0 Å². The minimum atomic E-state index is -0.928. The third kappa shape index (κ3) is 3.44. The van der Waals surface area contributed by atoms with Crippen LogP contribution in [0.1, 0.15) is 41.0 Å². The third-order valence-corrected chi connectivity index (χ3v) is 5.52. The van der Waals surface area contributed by atoms with Gasteiger partial charge in [-0.2, -0.15) is 5.26 Å². The number of pyridine rings is 1. The van der Waals surface area contributed by atoms with Crippen LogP contribution in [0.3, 0.4) is 0 Å². The number of aliphatic carboxylic acids is 1. The molecule has 24 heavy (non-hydrogen) atoms. The molecule has 2 atom stereocenters. The van der Waals surface area contributed by atoms with Gasteiger partial charge in [-0.1, -0.05) is 49.0 Å². The molecule has 3 rings (SSSR count). The Morgan fingerprint density at radius 3 is 2.83 bits per heavy atom. The maximum atomic E-state index is 11.7. The Hall–Kier alpha value is -2.32. The molecular weight excluding hydrogens is 320 g/mol. The average molecular weight is 338 g/mol.